The molecule has 15 heavy (non-hydrogen) atoms. The van der Waals surface area contributed by atoms with Gasteiger partial charge in [0.25, 0.3) is 5.91 Å². The van der Waals surface area contributed by atoms with Crippen molar-refractivity contribution >= 4 is 23.1 Å². The zero-order valence-corrected chi connectivity index (χ0v) is 9.38. The van der Waals surface area contributed by atoms with Crippen LogP contribution in [-0.4, -0.2) is 16.9 Å². The van der Waals surface area contributed by atoms with Crippen molar-refractivity contribution in [1.29, 1.82) is 0 Å². The Morgan fingerprint density at radius 2 is 2.07 bits per heavy atom. The van der Waals surface area contributed by atoms with Gasteiger partial charge in [-0.15, -0.1) is 0 Å². The van der Waals surface area contributed by atoms with Gasteiger partial charge in [0.15, 0.2) is 0 Å². The van der Waals surface area contributed by atoms with Crippen molar-refractivity contribution in [2.75, 3.05) is 0 Å². The molecule has 1 atom stereocenters. The van der Waals surface area contributed by atoms with Gasteiger partial charge in [0.1, 0.15) is 0 Å². The molecule has 0 saturated heterocycles. The van der Waals surface area contributed by atoms with Crippen molar-refractivity contribution < 1.29 is 4.79 Å². The number of thiocarbonyl (C=S) groups is 1. The van der Waals surface area contributed by atoms with E-state index in [2.05, 4.69) is 5.32 Å². The van der Waals surface area contributed by atoms with Crippen molar-refractivity contribution in [2.45, 2.75) is 19.4 Å². The van der Waals surface area contributed by atoms with Gasteiger partial charge in [0.2, 0.25) is 0 Å². The van der Waals surface area contributed by atoms with Gasteiger partial charge < -0.3 is 11.1 Å². The molecular formula is C11H14N2OS. The molecule has 1 aromatic carbocycles. The highest BCUT2D eigenvalue weighted by molar-refractivity contribution is 7.80. The van der Waals surface area contributed by atoms with E-state index in [0.29, 0.717) is 17.0 Å². The van der Waals surface area contributed by atoms with Crippen LogP contribution >= 0.6 is 12.2 Å². The Morgan fingerprint density at radius 1 is 1.47 bits per heavy atom. The quantitative estimate of drug-likeness (QED) is 0.759. The van der Waals surface area contributed by atoms with Gasteiger partial charge in [0.05, 0.1) is 11.0 Å². The van der Waals surface area contributed by atoms with Crippen LogP contribution in [-0.2, 0) is 0 Å². The first-order chi connectivity index (χ1) is 7.15. The second-order valence-corrected chi connectivity index (χ2v) is 3.67. The standard InChI is InChI=1S/C11H14N2OS/c1-2-9(10(12)15)13-11(14)8-6-4-3-5-7-8/h3-7,9H,2H2,1H3,(H2,12,15)(H,13,14)/t9-/m0/s1. The summed E-state index contributed by atoms with van der Waals surface area (Å²) in [6.07, 6.45) is 0.702. The van der Waals surface area contributed by atoms with Crippen LogP contribution in [0.25, 0.3) is 0 Å². The smallest absolute Gasteiger partial charge is 0.251 e. The molecule has 0 bridgehead atoms. The zero-order chi connectivity index (χ0) is 11.3. The van der Waals surface area contributed by atoms with Crippen LogP contribution in [0.4, 0.5) is 0 Å². The van der Waals surface area contributed by atoms with Crippen LogP contribution in [0.3, 0.4) is 0 Å². The van der Waals surface area contributed by atoms with Crippen LogP contribution in [0, 0.1) is 0 Å². The van der Waals surface area contributed by atoms with E-state index in [4.69, 9.17) is 18.0 Å². The number of carbonyl (C=O) groups is 1. The Hall–Kier alpha value is -1.42. The normalized spacial score (nSPS) is 11.8. The summed E-state index contributed by atoms with van der Waals surface area (Å²) in [6.45, 7) is 1.93. The summed E-state index contributed by atoms with van der Waals surface area (Å²) < 4.78 is 0. The molecule has 0 radical (unpaired) electrons. The molecule has 3 nitrogen and oxygen atoms in total. The first kappa shape index (κ1) is 11.7. The van der Waals surface area contributed by atoms with Crippen molar-refractivity contribution in [3.05, 3.63) is 35.9 Å². The predicted octanol–water partition coefficient (Wildman–Crippen LogP) is 1.48. The number of rotatable bonds is 4. The van der Waals surface area contributed by atoms with Crippen LogP contribution in [0.2, 0.25) is 0 Å². The molecule has 80 valence electrons. The summed E-state index contributed by atoms with van der Waals surface area (Å²) in [5.74, 6) is -0.143. The van der Waals surface area contributed by atoms with Gasteiger partial charge in [-0.05, 0) is 18.6 Å². The van der Waals surface area contributed by atoms with Crippen LogP contribution in [0.1, 0.15) is 23.7 Å². The van der Waals surface area contributed by atoms with E-state index in [0.717, 1.165) is 0 Å². The fraction of sp³-hybridized carbons (Fsp3) is 0.273. The lowest BCUT2D eigenvalue weighted by atomic mass is 10.1. The lowest BCUT2D eigenvalue weighted by molar-refractivity contribution is 0.0946. The number of amides is 1. The van der Waals surface area contributed by atoms with Gasteiger partial charge in [0, 0.05) is 5.56 Å². The average molecular weight is 222 g/mol. The Bertz CT molecular complexity index is 351. The minimum absolute atomic E-state index is 0.143. The molecule has 1 rings (SSSR count). The van der Waals surface area contributed by atoms with Crippen LogP contribution in [0.5, 0.6) is 0 Å². The fourth-order valence-corrected chi connectivity index (χ4v) is 1.43. The number of benzene rings is 1. The lowest BCUT2D eigenvalue weighted by Gasteiger charge is -2.15. The number of nitrogens with one attached hydrogen (secondary N) is 1. The largest absolute Gasteiger partial charge is 0.392 e. The number of hydrogen-bond acceptors (Lipinski definition) is 2. The maximum Gasteiger partial charge on any atom is 0.251 e. The summed E-state index contributed by atoms with van der Waals surface area (Å²) >= 11 is 4.85. The summed E-state index contributed by atoms with van der Waals surface area (Å²) in [5, 5.41) is 2.78. The second-order valence-electron chi connectivity index (χ2n) is 3.20. The molecule has 0 aliphatic carbocycles. The van der Waals surface area contributed by atoms with Gasteiger partial charge in [-0.1, -0.05) is 37.3 Å². The molecular weight excluding hydrogens is 208 g/mol. The summed E-state index contributed by atoms with van der Waals surface area (Å²) in [4.78, 5) is 12.0. The van der Waals surface area contributed by atoms with E-state index in [-0.39, 0.29) is 11.9 Å². The first-order valence-corrected chi connectivity index (χ1v) is 5.21. The molecule has 0 spiro atoms. The van der Waals surface area contributed by atoms with E-state index in [9.17, 15) is 4.79 Å². The van der Waals surface area contributed by atoms with Gasteiger partial charge in [-0.25, -0.2) is 0 Å². The Kier molecular flexibility index (Phi) is 4.24. The third kappa shape index (κ3) is 3.32. The highest BCUT2D eigenvalue weighted by Crippen LogP contribution is 2.00. The molecule has 0 aliphatic rings. The van der Waals surface area contributed by atoms with Crippen molar-refractivity contribution in [2.24, 2.45) is 5.73 Å². The fourth-order valence-electron chi connectivity index (χ4n) is 1.21. The minimum Gasteiger partial charge on any atom is -0.392 e. The van der Waals surface area contributed by atoms with Crippen molar-refractivity contribution in [3.8, 4) is 0 Å². The molecule has 1 aromatic rings. The first-order valence-electron chi connectivity index (χ1n) is 4.80. The molecule has 0 fully saturated rings. The number of hydrogen-bond donors (Lipinski definition) is 2. The summed E-state index contributed by atoms with van der Waals surface area (Å²) in [5.41, 5.74) is 6.11. The Morgan fingerprint density at radius 3 is 2.53 bits per heavy atom. The molecule has 0 unspecified atom stereocenters. The van der Waals surface area contributed by atoms with Gasteiger partial charge in [-0.2, -0.15) is 0 Å². The van der Waals surface area contributed by atoms with Gasteiger partial charge >= 0.3 is 0 Å². The van der Waals surface area contributed by atoms with Crippen molar-refractivity contribution in [3.63, 3.8) is 0 Å². The summed E-state index contributed by atoms with van der Waals surface area (Å²) in [6, 6.07) is 8.77. The Labute approximate surface area is 94.7 Å². The molecule has 0 aliphatic heterocycles. The zero-order valence-electron chi connectivity index (χ0n) is 8.57. The summed E-state index contributed by atoms with van der Waals surface area (Å²) in [7, 11) is 0. The maximum atomic E-state index is 11.7. The predicted molar refractivity (Wildman–Crippen MR) is 64.8 cm³/mol. The molecule has 1 amide bonds. The van der Waals surface area contributed by atoms with Gasteiger partial charge in [-0.3, -0.25) is 4.79 Å². The molecule has 0 saturated carbocycles. The topological polar surface area (TPSA) is 55.1 Å². The molecule has 0 aromatic heterocycles. The molecule has 4 heteroatoms. The Balaban J connectivity index is 2.67. The highest BCUT2D eigenvalue weighted by atomic mass is 32.1. The third-order valence-electron chi connectivity index (χ3n) is 2.09. The minimum atomic E-state index is -0.229. The lowest BCUT2D eigenvalue weighted by Crippen LogP contribution is -2.42. The number of nitrogens with two attached hydrogens (primary N) is 1. The highest BCUT2D eigenvalue weighted by Gasteiger charge is 2.13. The van der Waals surface area contributed by atoms with E-state index >= 15 is 0 Å². The van der Waals surface area contributed by atoms with Crippen LogP contribution in [0.15, 0.2) is 30.3 Å². The van der Waals surface area contributed by atoms with E-state index in [1.807, 2.05) is 25.1 Å². The molecule has 0 heterocycles. The van der Waals surface area contributed by atoms with E-state index < -0.39 is 0 Å². The average Bonchev–Trinajstić information content (AvgIpc) is 2.26. The second kappa shape index (κ2) is 5.46. The third-order valence-corrected chi connectivity index (χ3v) is 2.38. The van der Waals surface area contributed by atoms with E-state index in [1.54, 1.807) is 12.1 Å². The van der Waals surface area contributed by atoms with Crippen LogP contribution < -0.4 is 11.1 Å². The maximum absolute atomic E-state index is 11.7. The van der Waals surface area contributed by atoms with Crippen molar-refractivity contribution in [1.82, 2.24) is 5.32 Å². The van der Waals surface area contributed by atoms with E-state index in [1.165, 1.54) is 0 Å². The monoisotopic (exact) mass is 222 g/mol. The number of carbonyl (C=O) groups excluding carboxylic acids is 1. The molecule has 3 N–H and O–H groups in total. The SMILES string of the molecule is CC[C@H](NC(=O)c1ccccc1)C(N)=S.